The summed E-state index contributed by atoms with van der Waals surface area (Å²) in [6.07, 6.45) is 0. The Kier molecular flexibility index (Phi) is 4.93. The normalized spacial score (nSPS) is 10.7. The predicted octanol–water partition coefficient (Wildman–Crippen LogP) is 1.71. The molecule has 0 heterocycles. The van der Waals surface area contributed by atoms with Crippen LogP contribution in [0.3, 0.4) is 0 Å². The van der Waals surface area contributed by atoms with Crippen molar-refractivity contribution in [2.45, 2.75) is 13.8 Å². The average molecular weight is 263 g/mol. The number of ether oxygens (including phenoxy) is 1. The number of rotatable bonds is 4. The second-order valence-electron chi connectivity index (χ2n) is 3.86. The predicted molar refractivity (Wildman–Crippen MR) is 66.6 cm³/mol. The minimum atomic E-state index is -1.64. The van der Waals surface area contributed by atoms with Gasteiger partial charge in [-0.25, -0.2) is 0 Å². The summed E-state index contributed by atoms with van der Waals surface area (Å²) < 4.78 is 5.43. The van der Waals surface area contributed by atoms with Crippen molar-refractivity contribution in [3.05, 3.63) is 22.2 Å². The van der Waals surface area contributed by atoms with E-state index in [9.17, 15) is 0 Å². The molecule has 0 aliphatic carbocycles. The molecule has 0 aliphatic heterocycles. The molecule has 0 spiro atoms. The molecular weight excluding hydrogens is 250 g/mol. The first-order valence-corrected chi connectivity index (χ1v) is 5.66. The van der Waals surface area contributed by atoms with Gasteiger partial charge in [-0.1, -0.05) is 43.1 Å². The lowest BCUT2D eigenvalue weighted by Gasteiger charge is -2.12. The monoisotopic (exact) mass is 262 g/mol. The highest BCUT2D eigenvalue weighted by Crippen LogP contribution is 2.30. The van der Waals surface area contributed by atoms with Crippen LogP contribution < -0.4 is 10.2 Å². The highest BCUT2D eigenvalue weighted by Gasteiger charge is 2.19. The van der Waals surface area contributed by atoms with E-state index in [1.807, 2.05) is 13.8 Å². The van der Waals surface area contributed by atoms with E-state index in [1.165, 1.54) is 6.07 Å². The molecule has 0 unspecified atom stereocenters. The van der Waals surface area contributed by atoms with Crippen molar-refractivity contribution in [3.8, 4) is 5.75 Å². The molecule has 1 rings (SSSR count). The summed E-state index contributed by atoms with van der Waals surface area (Å²) >= 11 is 11.8. The van der Waals surface area contributed by atoms with Gasteiger partial charge in [0.25, 0.3) is 0 Å². The van der Waals surface area contributed by atoms with Gasteiger partial charge in [-0.05, 0) is 12.0 Å². The Balaban J connectivity index is 2.93. The van der Waals surface area contributed by atoms with Crippen molar-refractivity contribution in [1.82, 2.24) is 0 Å². The minimum Gasteiger partial charge on any atom is -0.492 e. The third-order valence-corrected chi connectivity index (χ3v) is 2.81. The highest BCUT2D eigenvalue weighted by atomic mass is 35.5. The second kappa shape index (κ2) is 5.78. The molecule has 88 valence electrons. The smallest absolute Gasteiger partial charge is 0.490 e. The van der Waals surface area contributed by atoms with Crippen molar-refractivity contribution in [1.29, 1.82) is 0 Å². The van der Waals surface area contributed by atoms with Gasteiger partial charge in [0, 0.05) is 5.46 Å². The van der Waals surface area contributed by atoms with Crippen LogP contribution >= 0.6 is 23.2 Å². The Bertz CT molecular complexity index is 369. The third-order valence-electron chi connectivity index (χ3n) is 1.93. The fourth-order valence-corrected chi connectivity index (χ4v) is 1.59. The van der Waals surface area contributed by atoms with Gasteiger partial charge in [0.1, 0.15) is 10.8 Å². The van der Waals surface area contributed by atoms with E-state index in [1.54, 1.807) is 6.07 Å². The van der Waals surface area contributed by atoms with E-state index in [0.717, 1.165) is 0 Å². The molecule has 1 aromatic rings. The fourth-order valence-electron chi connectivity index (χ4n) is 1.11. The van der Waals surface area contributed by atoms with Crippen LogP contribution in [0.2, 0.25) is 10.0 Å². The molecule has 0 aromatic heterocycles. The molecule has 3 nitrogen and oxygen atoms in total. The van der Waals surface area contributed by atoms with Crippen LogP contribution in [-0.4, -0.2) is 23.8 Å². The van der Waals surface area contributed by atoms with Gasteiger partial charge in [0.05, 0.1) is 11.6 Å². The van der Waals surface area contributed by atoms with Crippen molar-refractivity contribution >= 4 is 35.8 Å². The molecule has 0 aliphatic rings. The minimum absolute atomic E-state index is 0.109. The first-order chi connectivity index (χ1) is 7.43. The second-order valence-corrected chi connectivity index (χ2v) is 4.62. The van der Waals surface area contributed by atoms with E-state index in [2.05, 4.69) is 0 Å². The maximum atomic E-state index is 9.01. The van der Waals surface area contributed by atoms with Gasteiger partial charge in [-0.2, -0.15) is 0 Å². The first kappa shape index (κ1) is 13.6. The summed E-state index contributed by atoms with van der Waals surface area (Å²) in [5.74, 6) is 0.822. The lowest BCUT2D eigenvalue weighted by molar-refractivity contribution is 0.271. The van der Waals surface area contributed by atoms with Gasteiger partial charge in [-0.3, -0.25) is 0 Å². The Morgan fingerprint density at radius 3 is 2.38 bits per heavy atom. The van der Waals surface area contributed by atoms with Gasteiger partial charge in [0.2, 0.25) is 0 Å². The van der Waals surface area contributed by atoms with Crippen LogP contribution in [0, 0.1) is 5.92 Å². The first-order valence-electron chi connectivity index (χ1n) is 4.90. The summed E-state index contributed by atoms with van der Waals surface area (Å²) in [5, 5.41) is 18.3. The summed E-state index contributed by atoms with van der Waals surface area (Å²) in [7, 11) is -1.64. The van der Waals surface area contributed by atoms with Crippen LogP contribution in [-0.2, 0) is 0 Å². The summed E-state index contributed by atoms with van der Waals surface area (Å²) in [4.78, 5) is 0. The van der Waals surface area contributed by atoms with E-state index in [4.69, 9.17) is 38.0 Å². The number of halogens is 2. The number of hydrogen-bond acceptors (Lipinski definition) is 3. The Labute approximate surface area is 105 Å². The van der Waals surface area contributed by atoms with Gasteiger partial charge in [0.15, 0.2) is 0 Å². The average Bonchev–Trinajstić information content (AvgIpc) is 2.19. The maximum absolute atomic E-state index is 9.01. The van der Waals surface area contributed by atoms with Gasteiger partial charge in [-0.15, -0.1) is 0 Å². The van der Waals surface area contributed by atoms with Crippen molar-refractivity contribution in [2.24, 2.45) is 5.92 Å². The SMILES string of the molecule is CC(C)COc1ccc(B(O)O)c(Cl)c1Cl. The highest BCUT2D eigenvalue weighted by molar-refractivity contribution is 6.64. The number of hydrogen-bond donors (Lipinski definition) is 2. The van der Waals surface area contributed by atoms with Crippen molar-refractivity contribution in [2.75, 3.05) is 6.61 Å². The molecule has 1 aromatic carbocycles. The van der Waals surface area contributed by atoms with E-state index in [-0.39, 0.29) is 15.5 Å². The molecule has 0 saturated carbocycles. The molecule has 2 N–H and O–H groups in total. The largest absolute Gasteiger partial charge is 0.492 e. The molecule has 0 bridgehead atoms. The standard InChI is InChI=1S/C10H13BCl2O3/c1-6(2)5-16-8-4-3-7(11(14)15)9(12)10(8)13/h3-4,6,14-15H,5H2,1-2H3. The quantitative estimate of drug-likeness (QED) is 0.813. The van der Waals surface area contributed by atoms with Crippen molar-refractivity contribution < 1.29 is 14.8 Å². The summed E-state index contributed by atoms with van der Waals surface area (Å²) in [6, 6.07) is 3.06. The van der Waals surface area contributed by atoms with Gasteiger partial charge < -0.3 is 14.8 Å². The summed E-state index contributed by atoms with van der Waals surface area (Å²) in [6.45, 7) is 4.56. The van der Waals surface area contributed by atoms with Crippen LogP contribution in [0.1, 0.15) is 13.8 Å². The molecule has 0 saturated heterocycles. The molecular formula is C10H13BCl2O3. The van der Waals surface area contributed by atoms with Crippen LogP contribution in [0.5, 0.6) is 5.75 Å². The zero-order valence-electron chi connectivity index (χ0n) is 9.08. The lowest BCUT2D eigenvalue weighted by Crippen LogP contribution is -2.30. The Hall–Kier alpha value is -0.415. The Morgan fingerprint density at radius 1 is 1.25 bits per heavy atom. The molecule has 0 fully saturated rings. The molecule has 16 heavy (non-hydrogen) atoms. The number of benzene rings is 1. The third kappa shape index (κ3) is 3.29. The van der Waals surface area contributed by atoms with Crippen LogP contribution in [0.4, 0.5) is 0 Å². The fraction of sp³-hybridized carbons (Fsp3) is 0.400. The summed E-state index contributed by atoms with van der Waals surface area (Å²) in [5.41, 5.74) is 0.170. The van der Waals surface area contributed by atoms with Crippen LogP contribution in [0.25, 0.3) is 0 Å². The Morgan fingerprint density at radius 2 is 1.88 bits per heavy atom. The van der Waals surface area contributed by atoms with E-state index >= 15 is 0 Å². The maximum Gasteiger partial charge on any atom is 0.490 e. The zero-order chi connectivity index (χ0) is 12.3. The van der Waals surface area contributed by atoms with Crippen molar-refractivity contribution in [3.63, 3.8) is 0 Å². The van der Waals surface area contributed by atoms with Gasteiger partial charge >= 0.3 is 7.12 Å². The zero-order valence-corrected chi connectivity index (χ0v) is 10.6. The molecule has 0 atom stereocenters. The van der Waals surface area contributed by atoms with E-state index < -0.39 is 7.12 Å². The topological polar surface area (TPSA) is 49.7 Å². The lowest BCUT2D eigenvalue weighted by atomic mass is 9.80. The molecule has 0 amide bonds. The van der Waals surface area contributed by atoms with Crippen LogP contribution in [0.15, 0.2) is 12.1 Å². The molecule has 0 radical (unpaired) electrons. The molecule has 6 heteroatoms. The van der Waals surface area contributed by atoms with E-state index in [0.29, 0.717) is 18.3 Å².